The summed E-state index contributed by atoms with van der Waals surface area (Å²) in [5.74, 6) is 0.687. The molecular formula is C17H29N3. The molecule has 1 N–H and O–H groups in total. The summed E-state index contributed by atoms with van der Waals surface area (Å²) in [6.07, 6.45) is 7.49. The van der Waals surface area contributed by atoms with Gasteiger partial charge in [-0.3, -0.25) is 4.98 Å². The quantitative estimate of drug-likeness (QED) is 0.861. The minimum absolute atomic E-state index is 0.687. The molecule has 1 heterocycles. The van der Waals surface area contributed by atoms with Crippen LogP contribution in [0, 0.1) is 12.8 Å². The van der Waals surface area contributed by atoms with E-state index in [0.29, 0.717) is 5.92 Å². The number of nitrogens with zero attached hydrogens (tertiary/aromatic N) is 2. The van der Waals surface area contributed by atoms with Gasteiger partial charge in [0.05, 0.1) is 0 Å². The Morgan fingerprint density at radius 1 is 1.35 bits per heavy atom. The van der Waals surface area contributed by atoms with Crippen molar-refractivity contribution in [3.63, 3.8) is 0 Å². The lowest BCUT2D eigenvalue weighted by Crippen LogP contribution is -2.37. The zero-order valence-electron chi connectivity index (χ0n) is 13.4. The fourth-order valence-corrected chi connectivity index (χ4v) is 3.22. The van der Waals surface area contributed by atoms with Crippen LogP contribution in [0.5, 0.6) is 0 Å². The van der Waals surface area contributed by atoms with E-state index in [0.717, 1.165) is 24.8 Å². The molecular weight excluding hydrogens is 246 g/mol. The van der Waals surface area contributed by atoms with E-state index in [9.17, 15) is 0 Å². The molecule has 0 bridgehead atoms. The summed E-state index contributed by atoms with van der Waals surface area (Å²) in [6, 6.07) is 2.99. The van der Waals surface area contributed by atoms with Crippen LogP contribution in [-0.2, 0) is 6.54 Å². The molecule has 3 nitrogen and oxygen atoms in total. The van der Waals surface area contributed by atoms with E-state index < -0.39 is 0 Å². The van der Waals surface area contributed by atoms with Gasteiger partial charge in [-0.25, -0.2) is 0 Å². The van der Waals surface area contributed by atoms with Crippen LogP contribution in [0.2, 0.25) is 0 Å². The van der Waals surface area contributed by atoms with Crippen molar-refractivity contribution in [2.24, 2.45) is 5.92 Å². The second kappa shape index (κ2) is 7.07. The number of pyridine rings is 1. The molecule has 20 heavy (non-hydrogen) atoms. The van der Waals surface area contributed by atoms with Crippen LogP contribution in [0.15, 0.2) is 12.3 Å². The van der Waals surface area contributed by atoms with Crippen LogP contribution in [0.1, 0.15) is 50.8 Å². The summed E-state index contributed by atoms with van der Waals surface area (Å²) in [5.41, 5.74) is 3.84. The maximum absolute atomic E-state index is 4.48. The van der Waals surface area contributed by atoms with Gasteiger partial charge < -0.3 is 10.2 Å². The molecule has 1 aromatic rings. The first-order chi connectivity index (χ1) is 9.61. The molecule has 0 atom stereocenters. The number of nitrogens with one attached hydrogen (secondary N) is 1. The van der Waals surface area contributed by atoms with E-state index in [2.05, 4.69) is 42.0 Å². The van der Waals surface area contributed by atoms with Gasteiger partial charge in [-0.2, -0.15) is 0 Å². The summed E-state index contributed by atoms with van der Waals surface area (Å²) < 4.78 is 0. The highest BCUT2D eigenvalue weighted by Gasteiger charge is 2.25. The Kier molecular flexibility index (Phi) is 5.41. The molecule has 0 unspecified atom stereocenters. The van der Waals surface area contributed by atoms with Crippen molar-refractivity contribution in [3.8, 4) is 0 Å². The van der Waals surface area contributed by atoms with Gasteiger partial charge in [0.2, 0.25) is 0 Å². The molecule has 1 fully saturated rings. The maximum atomic E-state index is 4.48. The monoisotopic (exact) mass is 275 g/mol. The number of anilines is 1. The maximum Gasteiger partial charge on any atom is 0.0448 e. The Labute approximate surface area is 123 Å². The van der Waals surface area contributed by atoms with Crippen LogP contribution >= 0.6 is 0 Å². The highest BCUT2D eigenvalue weighted by molar-refractivity contribution is 5.54. The van der Waals surface area contributed by atoms with Gasteiger partial charge in [-0.15, -0.1) is 0 Å². The Hall–Kier alpha value is -1.09. The van der Waals surface area contributed by atoms with Gasteiger partial charge in [0.15, 0.2) is 0 Å². The van der Waals surface area contributed by atoms with Crippen molar-refractivity contribution >= 4 is 5.69 Å². The number of hydrogen-bond donors (Lipinski definition) is 1. The first-order valence-electron chi connectivity index (χ1n) is 7.98. The molecule has 112 valence electrons. The molecule has 0 radical (unpaired) electrons. The fraction of sp³-hybridized carbons (Fsp3) is 0.706. The average Bonchev–Trinajstić information content (AvgIpc) is 2.92. The number of hydrogen-bond acceptors (Lipinski definition) is 3. The molecule has 1 aromatic heterocycles. The summed E-state index contributed by atoms with van der Waals surface area (Å²) in [4.78, 5) is 7.13. The lowest BCUT2D eigenvalue weighted by atomic mass is 10.1. The first kappa shape index (κ1) is 15.3. The molecule has 0 amide bonds. The fourth-order valence-electron chi connectivity index (χ4n) is 3.22. The standard InChI is InChI=1S/C17H29N3/c1-13(2)12-20(16-7-5-6-8-16)17-9-14(3)19-11-15(17)10-18-4/h9,11,13,16,18H,5-8,10,12H2,1-4H3. The normalized spacial score (nSPS) is 16.1. The Bertz CT molecular complexity index is 422. The minimum atomic E-state index is 0.687. The van der Waals surface area contributed by atoms with E-state index in [4.69, 9.17) is 0 Å². The van der Waals surface area contributed by atoms with Crippen molar-refractivity contribution in [1.29, 1.82) is 0 Å². The Morgan fingerprint density at radius 2 is 2.05 bits per heavy atom. The molecule has 0 aliphatic heterocycles. The van der Waals surface area contributed by atoms with Crippen LogP contribution in [-0.4, -0.2) is 24.6 Å². The second-order valence-corrected chi connectivity index (χ2v) is 6.47. The highest BCUT2D eigenvalue weighted by atomic mass is 15.2. The van der Waals surface area contributed by atoms with E-state index in [1.54, 1.807) is 0 Å². The third-order valence-electron chi connectivity index (χ3n) is 4.10. The molecule has 0 aromatic carbocycles. The Balaban J connectivity index is 2.32. The predicted molar refractivity (Wildman–Crippen MR) is 86.2 cm³/mol. The number of aryl methyl sites for hydroxylation is 1. The van der Waals surface area contributed by atoms with Gasteiger partial charge in [0.25, 0.3) is 0 Å². The van der Waals surface area contributed by atoms with Crippen molar-refractivity contribution < 1.29 is 0 Å². The van der Waals surface area contributed by atoms with E-state index in [1.165, 1.54) is 36.9 Å². The largest absolute Gasteiger partial charge is 0.368 e. The molecule has 0 saturated heterocycles. The SMILES string of the molecule is CNCc1cnc(C)cc1N(CC(C)C)C1CCCC1. The van der Waals surface area contributed by atoms with Gasteiger partial charge in [0.1, 0.15) is 0 Å². The predicted octanol–water partition coefficient (Wildman–Crippen LogP) is 3.51. The summed E-state index contributed by atoms with van der Waals surface area (Å²) in [7, 11) is 2.01. The number of aromatic nitrogens is 1. The summed E-state index contributed by atoms with van der Waals surface area (Å²) >= 11 is 0. The zero-order valence-corrected chi connectivity index (χ0v) is 13.4. The Morgan fingerprint density at radius 3 is 2.65 bits per heavy atom. The van der Waals surface area contributed by atoms with E-state index in [1.807, 2.05) is 13.2 Å². The van der Waals surface area contributed by atoms with Crippen LogP contribution < -0.4 is 10.2 Å². The smallest absolute Gasteiger partial charge is 0.0448 e. The van der Waals surface area contributed by atoms with Crippen molar-refractivity contribution in [2.75, 3.05) is 18.5 Å². The molecule has 1 saturated carbocycles. The topological polar surface area (TPSA) is 28.2 Å². The van der Waals surface area contributed by atoms with Crippen LogP contribution in [0.25, 0.3) is 0 Å². The van der Waals surface area contributed by atoms with Crippen molar-refractivity contribution in [2.45, 2.75) is 59.0 Å². The zero-order chi connectivity index (χ0) is 14.5. The van der Waals surface area contributed by atoms with Crippen LogP contribution in [0.3, 0.4) is 0 Å². The molecule has 1 aliphatic rings. The third kappa shape index (κ3) is 3.72. The minimum Gasteiger partial charge on any atom is -0.368 e. The molecule has 1 aliphatic carbocycles. The number of rotatable bonds is 6. The van der Waals surface area contributed by atoms with E-state index >= 15 is 0 Å². The van der Waals surface area contributed by atoms with Gasteiger partial charge >= 0.3 is 0 Å². The van der Waals surface area contributed by atoms with Gasteiger partial charge in [-0.05, 0) is 38.8 Å². The lowest BCUT2D eigenvalue weighted by Gasteiger charge is -2.34. The molecule has 0 spiro atoms. The molecule has 2 rings (SSSR count). The van der Waals surface area contributed by atoms with Crippen molar-refractivity contribution in [1.82, 2.24) is 10.3 Å². The third-order valence-corrected chi connectivity index (χ3v) is 4.10. The summed E-state index contributed by atoms with van der Waals surface area (Å²) in [6.45, 7) is 8.76. The van der Waals surface area contributed by atoms with Crippen molar-refractivity contribution in [3.05, 3.63) is 23.5 Å². The lowest BCUT2D eigenvalue weighted by molar-refractivity contribution is 0.533. The highest BCUT2D eigenvalue weighted by Crippen LogP contribution is 2.31. The first-order valence-corrected chi connectivity index (χ1v) is 7.98. The van der Waals surface area contributed by atoms with E-state index in [-0.39, 0.29) is 0 Å². The van der Waals surface area contributed by atoms with Gasteiger partial charge in [-0.1, -0.05) is 26.7 Å². The average molecular weight is 275 g/mol. The van der Waals surface area contributed by atoms with Crippen LogP contribution in [0.4, 0.5) is 5.69 Å². The second-order valence-electron chi connectivity index (χ2n) is 6.47. The summed E-state index contributed by atoms with van der Waals surface area (Å²) in [5, 5.41) is 3.28. The molecule has 3 heteroatoms. The van der Waals surface area contributed by atoms with Gasteiger partial charge in [0, 0.05) is 42.3 Å².